The maximum Gasteiger partial charge on any atom is 0.270 e. The van der Waals surface area contributed by atoms with Crippen molar-refractivity contribution >= 4 is 17.6 Å². The smallest absolute Gasteiger partial charge is 0.270 e. The fourth-order valence-electron chi connectivity index (χ4n) is 4.65. The minimum absolute atomic E-state index is 0.116. The first-order chi connectivity index (χ1) is 16.4. The summed E-state index contributed by atoms with van der Waals surface area (Å²) in [4.78, 5) is 39.3. The molecule has 1 fully saturated rings. The molecule has 182 valence electrons. The van der Waals surface area contributed by atoms with Crippen molar-refractivity contribution < 1.29 is 9.59 Å². The molecule has 2 aliphatic heterocycles. The van der Waals surface area contributed by atoms with Gasteiger partial charge in [0, 0.05) is 64.3 Å². The van der Waals surface area contributed by atoms with Gasteiger partial charge in [0.15, 0.2) is 0 Å². The van der Waals surface area contributed by atoms with Crippen LogP contribution in [0.1, 0.15) is 41.4 Å². The van der Waals surface area contributed by atoms with Crippen molar-refractivity contribution in [3.8, 4) is 0 Å². The normalized spacial score (nSPS) is 17.5. The number of fused-ring (bicyclic) bond motifs is 1. The molecule has 2 aromatic rings. The Hall–Kier alpha value is -3.04. The highest BCUT2D eigenvalue weighted by Crippen LogP contribution is 2.22. The van der Waals surface area contributed by atoms with Crippen LogP contribution in [-0.4, -0.2) is 88.8 Å². The average molecular weight is 466 g/mol. The number of anilines is 1. The number of carbonyl (C=O) groups excluding carboxylic acids is 2. The Morgan fingerprint density at radius 3 is 2.41 bits per heavy atom. The number of piperidine rings is 1. The Kier molecular flexibility index (Phi) is 7.74. The van der Waals surface area contributed by atoms with Gasteiger partial charge in [0.2, 0.25) is 5.91 Å². The Labute approximate surface area is 201 Å². The standard InChI is InChI=1S/C25H35N7O2/c1-18(33)32-10-8-21(9-11-32)29-24-12-23(27-17-28-24)25(34)26-13-22(30(2)3)16-31-14-19-6-4-5-7-20(19)15-31/h4-7,12,17,21-22H,8-11,13-16H2,1-3H3,(H,26,34)(H,27,28,29). The number of likely N-dealkylation sites (tertiary alicyclic amines) is 1. The molecule has 1 aromatic heterocycles. The Morgan fingerprint density at radius 2 is 1.79 bits per heavy atom. The number of benzene rings is 1. The Bertz CT molecular complexity index is 979. The maximum atomic E-state index is 12.8. The van der Waals surface area contributed by atoms with E-state index >= 15 is 0 Å². The zero-order valence-corrected chi connectivity index (χ0v) is 20.3. The molecule has 2 aliphatic rings. The predicted octanol–water partition coefficient (Wildman–Crippen LogP) is 1.58. The van der Waals surface area contributed by atoms with Gasteiger partial charge in [0.25, 0.3) is 5.91 Å². The lowest BCUT2D eigenvalue weighted by Crippen LogP contribution is -2.46. The molecule has 0 bridgehead atoms. The summed E-state index contributed by atoms with van der Waals surface area (Å²) in [6.45, 7) is 6.38. The summed E-state index contributed by atoms with van der Waals surface area (Å²) < 4.78 is 0. The van der Waals surface area contributed by atoms with Crippen molar-refractivity contribution in [2.24, 2.45) is 0 Å². The van der Waals surface area contributed by atoms with E-state index in [9.17, 15) is 9.59 Å². The predicted molar refractivity (Wildman–Crippen MR) is 131 cm³/mol. The van der Waals surface area contributed by atoms with Gasteiger partial charge in [-0.1, -0.05) is 24.3 Å². The molecule has 0 saturated carbocycles. The molecule has 9 heteroatoms. The van der Waals surface area contributed by atoms with Crippen molar-refractivity contribution in [3.63, 3.8) is 0 Å². The fraction of sp³-hybridized carbons (Fsp3) is 0.520. The van der Waals surface area contributed by atoms with Gasteiger partial charge in [-0.25, -0.2) is 9.97 Å². The van der Waals surface area contributed by atoms with E-state index in [-0.39, 0.29) is 23.9 Å². The van der Waals surface area contributed by atoms with Gasteiger partial charge in [-0.3, -0.25) is 14.5 Å². The van der Waals surface area contributed by atoms with E-state index in [1.54, 1.807) is 13.0 Å². The second-order valence-corrected chi connectivity index (χ2v) is 9.48. The van der Waals surface area contributed by atoms with Gasteiger partial charge >= 0.3 is 0 Å². The summed E-state index contributed by atoms with van der Waals surface area (Å²) in [6, 6.07) is 10.7. The zero-order valence-electron chi connectivity index (χ0n) is 20.3. The lowest BCUT2D eigenvalue weighted by Gasteiger charge is -2.32. The van der Waals surface area contributed by atoms with E-state index in [4.69, 9.17) is 0 Å². The highest BCUT2D eigenvalue weighted by molar-refractivity contribution is 5.92. The first-order valence-electron chi connectivity index (χ1n) is 12.0. The number of hydrogen-bond acceptors (Lipinski definition) is 7. The number of rotatable bonds is 8. The summed E-state index contributed by atoms with van der Waals surface area (Å²) in [5.74, 6) is 0.554. The Morgan fingerprint density at radius 1 is 1.12 bits per heavy atom. The van der Waals surface area contributed by atoms with Crippen LogP contribution in [0.5, 0.6) is 0 Å². The van der Waals surface area contributed by atoms with Crippen LogP contribution in [-0.2, 0) is 17.9 Å². The number of aromatic nitrogens is 2. The van der Waals surface area contributed by atoms with Gasteiger partial charge in [0.1, 0.15) is 17.8 Å². The number of nitrogens with zero attached hydrogens (tertiary/aromatic N) is 5. The highest BCUT2D eigenvalue weighted by Gasteiger charge is 2.24. The number of nitrogens with one attached hydrogen (secondary N) is 2. The van der Waals surface area contributed by atoms with E-state index in [1.165, 1.54) is 17.5 Å². The zero-order chi connectivity index (χ0) is 24.1. The number of likely N-dealkylation sites (N-methyl/N-ethyl adjacent to an activating group) is 1. The lowest BCUT2D eigenvalue weighted by atomic mass is 10.1. The molecular formula is C25H35N7O2. The summed E-state index contributed by atoms with van der Waals surface area (Å²) in [6.07, 6.45) is 3.14. The molecule has 9 nitrogen and oxygen atoms in total. The van der Waals surface area contributed by atoms with E-state index in [2.05, 4.69) is 54.7 Å². The van der Waals surface area contributed by atoms with Crippen molar-refractivity contribution in [2.45, 2.75) is 44.9 Å². The number of amides is 2. The molecule has 4 rings (SSSR count). The lowest BCUT2D eigenvalue weighted by molar-refractivity contribution is -0.129. The minimum atomic E-state index is -0.201. The van der Waals surface area contributed by atoms with Gasteiger partial charge in [-0.05, 0) is 38.1 Å². The highest BCUT2D eigenvalue weighted by atomic mass is 16.2. The topological polar surface area (TPSA) is 93.7 Å². The van der Waals surface area contributed by atoms with Crippen LogP contribution in [0.4, 0.5) is 5.82 Å². The summed E-state index contributed by atoms with van der Waals surface area (Å²) in [7, 11) is 4.09. The third-order valence-corrected chi connectivity index (χ3v) is 6.80. The summed E-state index contributed by atoms with van der Waals surface area (Å²) >= 11 is 0. The van der Waals surface area contributed by atoms with E-state index in [0.717, 1.165) is 45.6 Å². The molecule has 2 N–H and O–H groups in total. The van der Waals surface area contributed by atoms with Crippen LogP contribution in [0.25, 0.3) is 0 Å². The van der Waals surface area contributed by atoms with Crippen molar-refractivity contribution in [2.75, 3.05) is 45.6 Å². The Balaban J connectivity index is 1.28. The van der Waals surface area contributed by atoms with E-state index in [1.807, 2.05) is 19.0 Å². The first kappa shape index (κ1) is 24.1. The molecule has 0 spiro atoms. The van der Waals surface area contributed by atoms with Crippen LogP contribution < -0.4 is 10.6 Å². The van der Waals surface area contributed by atoms with Crippen molar-refractivity contribution in [1.29, 1.82) is 0 Å². The molecular weight excluding hydrogens is 430 g/mol. The average Bonchev–Trinajstić information content (AvgIpc) is 3.24. The van der Waals surface area contributed by atoms with Crippen LogP contribution >= 0.6 is 0 Å². The second-order valence-electron chi connectivity index (χ2n) is 9.48. The molecule has 3 heterocycles. The van der Waals surface area contributed by atoms with Crippen LogP contribution in [0.2, 0.25) is 0 Å². The van der Waals surface area contributed by atoms with Crippen LogP contribution in [0, 0.1) is 0 Å². The second kappa shape index (κ2) is 10.9. The monoisotopic (exact) mass is 465 g/mol. The molecule has 1 saturated heterocycles. The van der Waals surface area contributed by atoms with E-state index < -0.39 is 0 Å². The number of hydrogen-bond donors (Lipinski definition) is 2. The van der Waals surface area contributed by atoms with Crippen LogP contribution in [0.3, 0.4) is 0 Å². The van der Waals surface area contributed by atoms with E-state index in [0.29, 0.717) is 18.1 Å². The van der Waals surface area contributed by atoms with Crippen molar-refractivity contribution in [3.05, 3.63) is 53.5 Å². The van der Waals surface area contributed by atoms with Gasteiger partial charge < -0.3 is 20.4 Å². The summed E-state index contributed by atoms with van der Waals surface area (Å²) in [5.41, 5.74) is 3.12. The van der Waals surface area contributed by atoms with Gasteiger partial charge in [-0.2, -0.15) is 0 Å². The van der Waals surface area contributed by atoms with Crippen LogP contribution in [0.15, 0.2) is 36.7 Å². The quantitative estimate of drug-likeness (QED) is 0.611. The van der Waals surface area contributed by atoms with Gasteiger partial charge in [-0.15, -0.1) is 0 Å². The van der Waals surface area contributed by atoms with Crippen molar-refractivity contribution in [1.82, 2.24) is 30.0 Å². The fourth-order valence-corrected chi connectivity index (χ4v) is 4.65. The number of carbonyl (C=O) groups is 2. The third kappa shape index (κ3) is 6.09. The maximum absolute atomic E-state index is 12.8. The molecule has 0 radical (unpaired) electrons. The molecule has 1 aromatic carbocycles. The molecule has 1 unspecified atom stereocenters. The third-order valence-electron chi connectivity index (χ3n) is 6.80. The molecule has 2 amide bonds. The largest absolute Gasteiger partial charge is 0.367 e. The minimum Gasteiger partial charge on any atom is -0.367 e. The first-order valence-corrected chi connectivity index (χ1v) is 12.0. The molecule has 34 heavy (non-hydrogen) atoms. The van der Waals surface area contributed by atoms with Gasteiger partial charge in [0.05, 0.1) is 0 Å². The summed E-state index contributed by atoms with van der Waals surface area (Å²) in [5, 5.41) is 6.45. The molecule has 1 atom stereocenters. The molecule has 0 aliphatic carbocycles. The SMILES string of the molecule is CC(=O)N1CCC(Nc2cc(C(=O)NCC(CN3Cc4ccccc4C3)N(C)C)ncn2)CC1.